The highest BCUT2D eigenvalue weighted by atomic mass is 32.1. The van der Waals surface area contributed by atoms with Gasteiger partial charge in [0.25, 0.3) is 5.91 Å². The lowest BCUT2D eigenvalue weighted by atomic mass is 9.99. The smallest absolute Gasteiger partial charge is 0.352 e. The number of aromatic nitrogens is 3. The molecule has 3 heterocycles. The van der Waals surface area contributed by atoms with Crippen LogP contribution >= 0.6 is 19.2 Å². The molecule has 18 heteroatoms. The van der Waals surface area contributed by atoms with Crippen LogP contribution in [0.2, 0.25) is 0 Å². The molecule has 0 saturated carbocycles. The molecule has 3 aromatic heterocycles. The summed E-state index contributed by atoms with van der Waals surface area (Å²) in [5.74, 6) is -0.323. The van der Waals surface area contributed by atoms with E-state index >= 15 is 0 Å². The summed E-state index contributed by atoms with van der Waals surface area (Å²) in [5.41, 5.74) is -0.134. The Balaban J connectivity index is 1.78. The molecule has 5 N–H and O–H groups in total. The van der Waals surface area contributed by atoms with Gasteiger partial charge in [0.05, 0.1) is 12.1 Å². The van der Waals surface area contributed by atoms with Crippen molar-refractivity contribution in [2.45, 2.75) is 46.3 Å². The molecule has 3 amide bonds. The number of carbonyl (C=O) groups excluding carboxylic acids is 2. The maximum Gasteiger partial charge on any atom is 0.469 e. The number of phosphoric ester groups is 1. The molecule has 258 valence electrons. The number of alkyl halides is 3. The van der Waals surface area contributed by atoms with Crippen molar-refractivity contribution in [3.05, 3.63) is 63.5 Å². The molecule has 1 aromatic carbocycles. The number of fused-ring (bicyclic) bond motifs is 1. The molecular formula is C30H34F3N6O7PS. The summed E-state index contributed by atoms with van der Waals surface area (Å²) in [6, 6.07) is 5.68. The van der Waals surface area contributed by atoms with Gasteiger partial charge in [-0.2, -0.15) is 13.2 Å². The average molecular weight is 711 g/mol. The van der Waals surface area contributed by atoms with Gasteiger partial charge in [0.15, 0.2) is 5.69 Å². The summed E-state index contributed by atoms with van der Waals surface area (Å²) in [6.07, 6.45) is -1.04. The number of rotatable bonds is 13. The van der Waals surface area contributed by atoms with Crippen LogP contribution in [0.25, 0.3) is 32.6 Å². The zero-order chi connectivity index (χ0) is 35.2. The van der Waals surface area contributed by atoms with Crippen LogP contribution < -0.4 is 21.4 Å². The molecule has 0 aliphatic carbocycles. The lowest BCUT2D eigenvalue weighted by molar-refractivity contribution is -0.140. The van der Waals surface area contributed by atoms with E-state index in [9.17, 15) is 32.1 Å². The summed E-state index contributed by atoms with van der Waals surface area (Å²) >= 11 is 0.779. The van der Waals surface area contributed by atoms with Crippen molar-refractivity contribution in [1.29, 1.82) is 0 Å². The molecule has 13 nitrogen and oxygen atoms in total. The minimum absolute atomic E-state index is 0.00517. The first-order valence-electron chi connectivity index (χ1n) is 14.8. The van der Waals surface area contributed by atoms with Gasteiger partial charge in [-0.25, -0.2) is 19.3 Å². The van der Waals surface area contributed by atoms with Crippen LogP contribution in [-0.2, 0) is 21.8 Å². The number of benzene rings is 1. The Morgan fingerprint density at radius 3 is 2.54 bits per heavy atom. The second kappa shape index (κ2) is 15.4. The van der Waals surface area contributed by atoms with Gasteiger partial charge in [-0.05, 0) is 49.4 Å². The van der Waals surface area contributed by atoms with E-state index in [0.717, 1.165) is 16.7 Å². The number of anilines is 1. The molecule has 0 fully saturated rings. The Morgan fingerprint density at radius 1 is 1.15 bits per heavy atom. The van der Waals surface area contributed by atoms with E-state index in [1.165, 1.54) is 24.5 Å². The Labute approximate surface area is 276 Å². The number of urea groups is 1. The maximum atomic E-state index is 13.5. The molecule has 0 bridgehead atoms. The monoisotopic (exact) mass is 710 g/mol. The van der Waals surface area contributed by atoms with Crippen LogP contribution in [0.15, 0.2) is 46.8 Å². The second-order valence-corrected chi connectivity index (χ2v) is 13.1. The summed E-state index contributed by atoms with van der Waals surface area (Å²) < 4.78 is 57.4. The summed E-state index contributed by atoms with van der Waals surface area (Å²) in [4.78, 5) is 64.4. The number of hydrogen-bond donors (Lipinski definition) is 5. The third kappa shape index (κ3) is 9.48. The van der Waals surface area contributed by atoms with Crippen molar-refractivity contribution in [3.63, 3.8) is 0 Å². The normalized spacial score (nSPS) is 12.0. The number of nitrogens with zero attached hydrogens (tertiary/aromatic N) is 3. The first-order valence-corrected chi connectivity index (χ1v) is 17.2. The Morgan fingerprint density at radius 2 is 1.90 bits per heavy atom. The summed E-state index contributed by atoms with van der Waals surface area (Å²) in [5, 5.41) is 8.85. The Bertz CT molecular complexity index is 1910. The lowest BCUT2D eigenvalue weighted by Gasteiger charge is -2.17. The van der Waals surface area contributed by atoms with Crippen LogP contribution in [0.1, 0.15) is 49.7 Å². The minimum atomic E-state index is -4.67. The fraction of sp³-hybridized carbons (Fsp3) is 0.367. The van der Waals surface area contributed by atoms with Gasteiger partial charge in [-0.3, -0.25) is 19.4 Å². The number of pyridine rings is 2. The third-order valence-electron chi connectivity index (χ3n) is 6.96. The minimum Gasteiger partial charge on any atom is -0.352 e. The largest absolute Gasteiger partial charge is 0.469 e. The van der Waals surface area contributed by atoms with E-state index < -0.39 is 37.1 Å². The van der Waals surface area contributed by atoms with Gasteiger partial charge in [0.1, 0.15) is 16.4 Å². The quantitative estimate of drug-likeness (QED) is 0.0868. The molecule has 0 saturated heterocycles. The zero-order valence-corrected chi connectivity index (χ0v) is 27.8. The van der Waals surface area contributed by atoms with E-state index in [0.29, 0.717) is 36.2 Å². The predicted molar refractivity (Wildman–Crippen MR) is 175 cm³/mol. The van der Waals surface area contributed by atoms with Gasteiger partial charge in [0.2, 0.25) is 5.43 Å². The van der Waals surface area contributed by atoms with E-state index in [1.807, 2.05) is 13.8 Å². The van der Waals surface area contributed by atoms with Crippen molar-refractivity contribution in [1.82, 2.24) is 25.2 Å². The Kier molecular flexibility index (Phi) is 11.8. The molecule has 0 atom stereocenters. The number of nitrogens with one attached hydrogen (secondary N) is 3. The van der Waals surface area contributed by atoms with Gasteiger partial charge < -0.3 is 25.0 Å². The van der Waals surface area contributed by atoms with Gasteiger partial charge in [-0.15, -0.1) is 11.3 Å². The lowest BCUT2D eigenvalue weighted by Crippen LogP contribution is -2.31. The molecule has 0 unspecified atom stereocenters. The number of phosphoric acid groups is 1. The standard InChI is InChI=1S/C30H34F3N6O7PS/c1-4-34-29(42)38-25-13-20(28-37-24(16-48-28)30(31,32)33)21(14-36-25)18-6-7-19-23(12-18)39(10-8-17(2)3)15-22(26(19)40)27(41)35-9-5-11-46-47(43,44)45/h6-7,12-17H,4-5,8-11H2,1-3H3,(H,35,41)(H2,43,44,45)(H2,34,36,38,42). The van der Waals surface area contributed by atoms with Crippen LogP contribution in [0, 0.1) is 5.92 Å². The highest BCUT2D eigenvalue weighted by molar-refractivity contribution is 7.46. The molecule has 48 heavy (non-hydrogen) atoms. The van der Waals surface area contributed by atoms with Crippen LogP contribution in [-0.4, -0.2) is 56.0 Å². The van der Waals surface area contributed by atoms with Crippen LogP contribution in [0.5, 0.6) is 0 Å². The highest BCUT2D eigenvalue weighted by Crippen LogP contribution is 2.39. The number of carbonyl (C=O) groups is 2. The summed E-state index contributed by atoms with van der Waals surface area (Å²) in [6.45, 7) is 6.21. The summed E-state index contributed by atoms with van der Waals surface area (Å²) in [7, 11) is -4.65. The van der Waals surface area contributed by atoms with E-state index in [4.69, 9.17) is 9.79 Å². The fourth-order valence-electron chi connectivity index (χ4n) is 4.63. The van der Waals surface area contributed by atoms with Crippen molar-refractivity contribution in [2.75, 3.05) is 25.0 Å². The predicted octanol–water partition coefficient (Wildman–Crippen LogP) is 5.62. The highest BCUT2D eigenvalue weighted by Gasteiger charge is 2.34. The van der Waals surface area contributed by atoms with Gasteiger partial charge >= 0.3 is 20.0 Å². The Hall–Kier alpha value is -4.15. The number of amides is 3. The zero-order valence-electron chi connectivity index (χ0n) is 26.1. The molecule has 4 aromatic rings. The molecule has 4 rings (SSSR count). The van der Waals surface area contributed by atoms with Gasteiger partial charge in [-0.1, -0.05) is 19.9 Å². The molecule has 0 aliphatic rings. The van der Waals surface area contributed by atoms with Crippen molar-refractivity contribution < 1.29 is 41.6 Å². The van der Waals surface area contributed by atoms with E-state index in [-0.39, 0.29) is 52.8 Å². The van der Waals surface area contributed by atoms with Crippen LogP contribution in [0.3, 0.4) is 0 Å². The first kappa shape index (κ1) is 36.7. The van der Waals surface area contributed by atoms with Gasteiger partial charge in [0, 0.05) is 53.9 Å². The number of halogens is 3. The van der Waals surface area contributed by atoms with E-state index in [2.05, 4.69) is 30.4 Å². The molecular weight excluding hydrogens is 676 g/mol. The SMILES string of the molecule is CCNC(=O)Nc1cc(-c2nc(C(F)(F)F)cs2)c(-c2ccc3c(=O)c(C(=O)NCCCOP(=O)(O)O)cn(CCC(C)C)c3c2)cn1. The van der Waals surface area contributed by atoms with Crippen molar-refractivity contribution in [2.24, 2.45) is 5.92 Å². The number of aryl methyl sites for hydroxylation is 1. The number of hydrogen-bond acceptors (Lipinski definition) is 8. The second-order valence-electron chi connectivity index (χ2n) is 11.0. The maximum absolute atomic E-state index is 13.5. The fourth-order valence-corrected chi connectivity index (χ4v) is 5.86. The average Bonchev–Trinajstić information content (AvgIpc) is 3.51. The first-order chi connectivity index (χ1) is 22.6. The topological polar surface area (TPSA) is 185 Å². The van der Waals surface area contributed by atoms with Crippen molar-refractivity contribution >= 4 is 47.8 Å². The van der Waals surface area contributed by atoms with Crippen LogP contribution in [0.4, 0.5) is 23.8 Å². The molecule has 0 spiro atoms. The number of thiazole rings is 1. The van der Waals surface area contributed by atoms with E-state index in [1.54, 1.807) is 23.6 Å². The van der Waals surface area contributed by atoms with Crippen molar-refractivity contribution in [3.8, 4) is 21.7 Å². The third-order valence-corrected chi connectivity index (χ3v) is 8.35. The molecule has 0 radical (unpaired) electrons. The molecule has 0 aliphatic heterocycles.